The SMILES string of the molecule is Cl.[Al][c]1cccc(Br)c1Br. The average molecular weight is 298 g/mol. The Morgan fingerprint density at radius 3 is 2.20 bits per heavy atom. The van der Waals surface area contributed by atoms with Crippen molar-refractivity contribution in [2.75, 3.05) is 0 Å². The van der Waals surface area contributed by atoms with Crippen LogP contribution in [-0.2, 0) is 0 Å². The summed E-state index contributed by atoms with van der Waals surface area (Å²) in [5.74, 6) is 0. The molecular formula is C6H4AlBr2Cl. The molecule has 0 amide bonds. The standard InChI is InChI=1S/C6H3Br2.Al.ClH/c7-5-3-1-2-4-6(5)8;;/h1-3H;;1H. The van der Waals surface area contributed by atoms with Gasteiger partial charge in [-0.1, -0.05) is 28.1 Å². The third-order valence-electron chi connectivity index (χ3n) is 0.981. The highest BCUT2D eigenvalue weighted by atomic mass is 79.9. The molecule has 0 aliphatic heterocycles. The fourth-order valence-corrected chi connectivity index (χ4v) is 1.64. The molecule has 2 radical (unpaired) electrons. The van der Waals surface area contributed by atoms with Crippen molar-refractivity contribution in [3.63, 3.8) is 0 Å². The fraction of sp³-hybridized carbons (Fsp3) is 0. The molecule has 0 nitrogen and oxygen atoms in total. The van der Waals surface area contributed by atoms with E-state index in [4.69, 9.17) is 0 Å². The molecule has 52 valence electrons. The molecule has 0 heterocycles. The van der Waals surface area contributed by atoms with E-state index in [2.05, 4.69) is 48.2 Å². The van der Waals surface area contributed by atoms with E-state index in [1.807, 2.05) is 18.2 Å². The van der Waals surface area contributed by atoms with E-state index in [-0.39, 0.29) is 12.4 Å². The lowest BCUT2D eigenvalue weighted by molar-refractivity contribution is 1.64. The summed E-state index contributed by atoms with van der Waals surface area (Å²) in [6.45, 7) is 0. The first-order chi connectivity index (χ1) is 4.22. The van der Waals surface area contributed by atoms with Crippen LogP contribution in [0.1, 0.15) is 0 Å². The second-order valence-electron chi connectivity index (χ2n) is 1.64. The van der Waals surface area contributed by atoms with Crippen molar-refractivity contribution >= 4 is 65.0 Å². The summed E-state index contributed by atoms with van der Waals surface area (Å²) >= 11 is 9.44. The van der Waals surface area contributed by atoms with Crippen molar-refractivity contribution in [3.8, 4) is 0 Å². The van der Waals surface area contributed by atoms with Crippen LogP contribution in [0.3, 0.4) is 0 Å². The second kappa shape index (κ2) is 4.79. The molecule has 0 spiro atoms. The van der Waals surface area contributed by atoms with Crippen molar-refractivity contribution in [2.24, 2.45) is 0 Å². The summed E-state index contributed by atoms with van der Waals surface area (Å²) in [6, 6.07) is 6.02. The molecule has 0 N–H and O–H groups in total. The average Bonchev–Trinajstić information content (AvgIpc) is 1.83. The van der Waals surface area contributed by atoms with E-state index in [1.165, 1.54) is 4.43 Å². The van der Waals surface area contributed by atoms with Gasteiger partial charge >= 0.3 is 0 Å². The molecule has 0 fully saturated rings. The van der Waals surface area contributed by atoms with Crippen molar-refractivity contribution in [1.82, 2.24) is 0 Å². The Balaban J connectivity index is 0.000000810. The minimum Gasteiger partial charge on any atom is -0.147 e. The Hall–Kier alpha value is 1.00. The van der Waals surface area contributed by atoms with Crippen LogP contribution in [0.15, 0.2) is 27.1 Å². The Kier molecular flexibility index (Phi) is 5.28. The quantitative estimate of drug-likeness (QED) is 0.645. The van der Waals surface area contributed by atoms with Gasteiger partial charge in [-0.15, -0.1) is 16.8 Å². The first-order valence-electron chi connectivity index (χ1n) is 2.41. The van der Waals surface area contributed by atoms with Gasteiger partial charge in [-0.2, -0.15) is 0 Å². The van der Waals surface area contributed by atoms with Gasteiger partial charge in [0.05, 0.1) is 0 Å². The van der Waals surface area contributed by atoms with Crippen molar-refractivity contribution < 1.29 is 0 Å². The third-order valence-corrected chi connectivity index (χ3v) is 3.96. The maximum atomic E-state index is 3.41. The smallest absolute Gasteiger partial charge is 0.147 e. The van der Waals surface area contributed by atoms with Crippen LogP contribution in [0.25, 0.3) is 0 Å². The van der Waals surface area contributed by atoms with Gasteiger partial charge in [0, 0.05) is 8.95 Å². The van der Waals surface area contributed by atoms with E-state index in [0.717, 1.165) is 8.95 Å². The van der Waals surface area contributed by atoms with E-state index in [9.17, 15) is 0 Å². The van der Waals surface area contributed by atoms with Gasteiger partial charge < -0.3 is 0 Å². The predicted octanol–water partition coefficient (Wildman–Crippen LogP) is 2.43. The fourth-order valence-electron chi connectivity index (χ4n) is 0.520. The number of hydrogen-bond acceptors (Lipinski definition) is 0. The van der Waals surface area contributed by atoms with Gasteiger partial charge in [0.15, 0.2) is 16.3 Å². The zero-order chi connectivity index (χ0) is 6.85. The summed E-state index contributed by atoms with van der Waals surface area (Å²) in [5, 5.41) is 0. The van der Waals surface area contributed by atoms with Crippen LogP contribution in [0.5, 0.6) is 0 Å². The first kappa shape index (κ1) is 11.0. The Morgan fingerprint density at radius 1 is 1.20 bits per heavy atom. The number of halogens is 3. The van der Waals surface area contributed by atoms with Crippen molar-refractivity contribution in [1.29, 1.82) is 0 Å². The number of rotatable bonds is 0. The number of hydrogen-bond donors (Lipinski definition) is 0. The molecule has 10 heavy (non-hydrogen) atoms. The highest BCUT2D eigenvalue weighted by Gasteiger charge is 1.94. The molecule has 0 aromatic heterocycles. The normalized spacial score (nSPS) is 8.60. The maximum absolute atomic E-state index is 3.41. The lowest BCUT2D eigenvalue weighted by Crippen LogP contribution is -2.02. The minimum absolute atomic E-state index is 0. The summed E-state index contributed by atoms with van der Waals surface area (Å²) in [4.78, 5) is 0. The molecule has 0 bridgehead atoms. The largest absolute Gasteiger partial charge is 0.177 e. The molecular weight excluding hydrogens is 294 g/mol. The van der Waals surface area contributed by atoms with Crippen LogP contribution in [0.2, 0.25) is 0 Å². The van der Waals surface area contributed by atoms with Gasteiger partial charge in [0.2, 0.25) is 0 Å². The highest BCUT2D eigenvalue weighted by molar-refractivity contribution is 9.13. The van der Waals surface area contributed by atoms with Gasteiger partial charge in [0.25, 0.3) is 0 Å². The molecule has 0 aliphatic carbocycles. The minimum atomic E-state index is 0. The second-order valence-corrected chi connectivity index (χ2v) is 3.91. The summed E-state index contributed by atoms with van der Waals surface area (Å²) < 4.78 is 3.37. The highest BCUT2D eigenvalue weighted by Crippen LogP contribution is 2.18. The van der Waals surface area contributed by atoms with E-state index in [0.29, 0.717) is 0 Å². The zero-order valence-corrected chi connectivity index (χ0v) is 10.1. The Morgan fingerprint density at radius 2 is 1.80 bits per heavy atom. The third kappa shape index (κ3) is 2.56. The van der Waals surface area contributed by atoms with Crippen LogP contribution < -0.4 is 4.43 Å². The van der Waals surface area contributed by atoms with Crippen molar-refractivity contribution in [2.45, 2.75) is 0 Å². The summed E-state index contributed by atoms with van der Waals surface area (Å²) in [6.07, 6.45) is 0. The molecule has 0 unspecified atom stereocenters. The van der Waals surface area contributed by atoms with E-state index < -0.39 is 0 Å². The Bertz CT molecular complexity index is 207. The molecule has 1 aromatic carbocycles. The topological polar surface area (TPSA) is 0 Å². The maximum Gasteiger partial charge on any atom is 0.177 e. The van der Waals surface area contributed by atoms with Gasteiger partial charge in [0.1, 0.15) is 0 Å². The molecule has 1 aromatic rings. The van der Waals surface area contributed by atoms with Crippen molar-refractivity contribution in [3.05, 3.63) is 27.1 Å². The predicted molar refractivity (Wildman–Crippen MR) is 54.5 cm³/mol. The zero-order valence-electron chi connectivity index (χ0n) is 4.97. The van der Waals surface area contributed by atoms with Crippen LogP contribution in [-0.4, -0.2) is 16.3 Å². The van der Waals surface area contributed by atoms with Crippen LogP contribution in [0.4, 0.5) is 0 Å². The lowest BCUT2D eigenvalue weighted by atomic mass is 10.4. The lowest BCUT2D eigenvalue weighted by Gasteiger charge is -1.98. The van der Waals surface area contributed by atoms with Crippen LogP contribution >= 0.6 is 44.3 Å². The van der Waals surface area contributed by atoms with Gasteiger partial charge in [-0.3, -0.25) is 0 Å². The van der Waals surface area contributed by atoms with Crippen LogP contribution in [0, 0.1) is 0 Å². The molecule has 0 atom stereocenters. The molecule has 0 aliphatic rings. The Labute approximate surface area is 91.5 Å². The van der Waals surface area contributed by atoms with E-state index in [1.54, 1.807) is 0 Å². The van der Waals surface area contributed by atoms with Gasteiger partial charge in [-0.05, 0) is 22.0 Å². The first-order valence-corrected chi connectivity index (χ1v) is 4.57. The summed E-state index contributed by atoms with van der Waals surface area (Å²) in [5.41, 5.74) is 0. The monoisotopic (exact) mass is 296 g/mol. The molecule has 1 rings (SSSR count). The molecule has 0 saturated carbocycles. The number of benzene rings is 1. The molecule has 4 heteroatoms. The summed E-state index contributed by atoms with van der Waals surface area (Å²) in [7, 11) is 0. The molecule has 0 saturated heterocycles. The van der Waals surface area contributed by atoms with Gasteiger partial charge in [-0.25, -0.2) is 0 Å². The van der Waals surface area contributed by atoms with E-state index >= 15 is 0 Å².